The quantitative estimate of drug-likeness (QED) is 0.896. The molecule has 1 aromatic rings. The van der Waals surface area contributed by atoms with Gasteiger partial charge in [0.05, 0.1) is 21.5 Å². The van der Waals surface area contributed by atoms with Gasteiger partial charge in [0, 0.05) is 0 Å². The fraction of sp³-hybridized carbons (Fsp3) is 0.417. The van der Waals surface area contributed by atoms with Gasteiger partial charge in [-0.15, -0.1) is 0 Å². The first kappa shape index (κ1) is 14.1. The molecule has 0 aromatic heterocycles. The van der Waals surface area contributed by atoms with E-state index in [0.29, 0.717) is 12.8 Å². The Bertz CT molecular complexity index is 594. The maximum Gasteiger partial charge on any atom is 0.335 e. The van der Waals surface area contributed by atoms with E-state index in [-0.39, 0.29) is 21.5 Å². The molecule has 19 heavy (non-hydrogen) atoms. The summed E-state index contributed by atoms with van der Waals surface area (Å²) < 4.78 is 26.6. The summed E-state index contributed by atoms with van der Waals surface area (Å²) in [6, 6.07) is 3.93. The molecule has 0 unspecified atom stereocenters. The molecule has 1 saturated carbocycles. The molecule has 0 heterocycles. The van der Waals surface area contributed by atoms with E-state index in [9.17, 15) is 13.2 Å². The maximum atomic E-state index is 12.1. The average molecular weight is 304 g/mol. The Hall–Kier alpha value is -1.27. The SMILES string of the molecule is O=C(O)c1ccc(NS(=O)(=O)C2CCCC2)c(Cl)c1. The van der Waals surface area contributed by atoms with E-state index < -0.39 is 16.0 Å². The summed E-state index contributed by atoms with van der Waals surface area (Å²) >= 11 is 5.90. The van der Waals surface area contributed by atoms with Crippen LogP contribution in [-0.4, -0.2) is 24.7 Å². The summed E-state index contributed by atoms with van der Waals surface area (Å²) in [5.74, 6) is -1.10. The van der Waals surface area contributed by atoms with Crippen LogP contribution in [-0.2, 0) is 10.0 Å². The van der Waals surface area contributed by atoms with Crippen molar-refractivity contribution in [2.24, 2.45) is 0 Å². The van der Waals surface area contributed by atoms with Crippen LogP contribution in [0.1, 0.15) is 36.0 Å². The van der Waals surface area contributed by atoms with Crippen molar-refractivity contribution in [2.75, 3.05) is 4.72 Å². The Morgan fingerprint density at radius 3 is 2.47 bits per heavy atom. The maximum absolute atomic E-state index is 12.1. The van der Waals surface area contributed by atoms with Crippen LogP contribution < -0.4 is 4.72 Å². The average Bonchev–Trinajstić information content (AvgIpc) is 2.85. The minimum absolute atomic E-state index is 0.0221. The highest BCUT2D eigenvalue weighted by Gasteiger charge is 2.29. The number of carboxylic acid groups (broad SMARTS) is 1. The van der Waals surface area contributed by atoms with Gasteiger partial charge in [0.1, 0.15) is 0 Å². The first-order chi connectivity index (χ1) is 8.90. The Morgan fingerprint density at radius 1 is 1.32 bits per heavy atom. The number of halogens is 1. The second-order valence-electron chi connectivity index (χ2n) is 4.55. The number of sulfonamides is 1. The van der Waals surface area contributed by atoms with Gasteiger partial charge in [-0.25, -0.2) is 13.2 Å². The summed E-state index contributed by atoms with van der Waals surface area (Å²) in [5.41, 5.74) is 0.243. The molecule has 2 N–H and O–H groups in total. The van der Waals surface area contributed by atoms with Crippen molar-refractivity contribution >= 4 is 33.3 Å². The lowest BCUT2D eigenvalue weighted by molar-refractivity contribution is 0.0697. The molecule has 0 spiro atoms. The summed E-state index contributed by atoms with van der Waals surface area (Å²) in [7, 11) is -3.45. The Balaban J connectivity index is 2.21. The van der Waals surface area contributed by atoms with Crippen molar-refractivity contribution in [3.8, 4) is 0 Å². The number of aromatic carboxylic acids is 1. The van der Waals surface area contributed by atoms with Gasteiger partial charge >= 0.3 is 5.97 Å². The third kappa shape index (κ3) is 3.19. The molecular formula is C12H14ClNO4S. The van der Waals surface area contributed by atoms with Crippen LogP contribution >= 0.6 is 11.6 Å². The molecule has 0 bridgehead atoms. The van der Waals surface area contributed by atoms with Crippen LogP contribution in [0.25, 0.3) is 0 Å². The van der Waals surface area contributed by atoms with Crippen molar-refractivity contribution in [1.29, 1.82) is 0 Å². The van der Waals surface area contributed by atoms with Crippen LogP contribution in [0.2, 0.25) is 5.02 Å². The van der Waals surface area contributed by atoms with Crippen LogP contribution in [0.3, 0.4) is 0 Å². The first-order valence-electron chi connectivity index (χ1n) is 5.94. The fourth-order valence-electron chi connectivity index (χ4n) is 2.17. The van der Waals surface area contributed by atoms with Gasteiger partial charge in [-0.3, -0.25) is 4.72 Å². The fourth-order valence-corrected chi connectivity index (χ4v) is 4.06. The number of hydrogen-bond donors (Lipinski definition) is 2. The van der Waals surface area contributed by atoms with Crippen molar-refractivity contribution in [3.05, 3.63) is 28.8 Å². The zero-order valence-electron chi connectivity index (χ0n) is 10.1. The Morgan fingerprint density at radius 2 is 1.95 bits per heavy atom. The summed E-state index contributed by atoms with van der Waals surface area (Å²) in [4.78, 5) is 10.8. The lowest BCUT2D eigenvalue weighted by Gasteiger charge is -2.14. The van der Waals surface area contributed by atoms with E-state index >= 15 is 0 Å². The number of benzene rings is 1. The molecule has 2 rings (SSSR count). The summed E-state index contributed by atoms with van der Waals surface area (Å²) in [5, 5.41) is 8.51. The lowest BCUT2D eigenvalue weighted by Crippen LogP contribution is -2.25. The molecule has 1 aliphatic rings. The molecule has 0 atom stereocenters. The number of carbonyl (C=O) groups is 1. The van der Waals surface area contributed by atoms with Gasteiger partial charge in [-0.05, 0) is 31.0 Å². The monoisotopic (exact) mass is 303 g/mol. The predicted molar refractivity (Wildman–Crippen MR) is 73.2 cm³/mol. The third-order valence-corrected chi connectivity index (χ3v) is 5.38. The van der Waals surface area contributed by atoms with E-state index in [1.807, 2.05) is 0 Å². The Labute approximate surface area is 116 Å². The highest BCUT2D eigenvalue weighted by atomic mass is 35.5. The molecule has 0 aliphatic heterocycles. The van der Waals surface area contributed by atoms with E-state index in [2.05, 4.69) is 4.72 Å². The van der Waals surface area contributed by atoms with Gasteiger partial charge in [0.15, 0.2) is 0 Å². The van der Waals surface area contributed by atoms with Gasteiger partial charge in [-0.2, -0.15) is 0 Å². The zero-order valence-corrected chi connectivity index (χ0v) is 11.7. The van der Waals surface area contributed by atoms with E-state index in [1.165, 1.54) is 18.2 Å². The molecule has 0 saturated heterocycles. The topological polar surface area (TPSA) is 83.5 Å². The second kappa shape index (κ2) is 5.38. The molecule has 7 heteroatoms. The molecule has 1 aliphatic carbocycles. The molecule has 1 aromatic carbocycles. The largest absolute Gasteiger partial charge is 0.478 e. The first-order valence-corrected chi connectivity index (χ1v) is 7.87. The van der Waals surface area contributed by atoms with Crippen LogP contribution in [0, 0.1) is 0 Å². The molecular weight excluding hydrogens is 290 g/mol. The van der Waals surface area contributed by atoms with Gasteiger partial charge in [-0.1, -0.05) is 24.4 Å². The van der Waals surface area contributed by atoms with Crippen LogP contribution in [0.15, 0.2) is 18.2 Å². The highest BCUT2D eigenvalue weighted by molar-refractivity contribution is 7.93. The van der Waals surface area contributed by atoms with E-state index in [4.69, 9.17) is 16.7 Å². The number of nitrogens with one attached hydrogen (secondary N) is 1. The molecule has 0 radical (unpaired) electrons. The van der Waals surface area contributed by atoms with Crippen LogP contribution in [0.4, 0.5) is 5.69 Å². The van der Waals surface area contributed by atoms with Gasteiger partial charge in [0.2, 0.25) is 10.0 Å². The number of anilines is 1. The standard InChI is InChI=1S/C12H14ClNO4S/c13-10-7-8(12(15)16)5-6-11(10)14-19(17,18)9-3-1-2-4-9/h5-7,9,14H,1-4H2,(H,15,16). The van der Waals surface area contributed by atoms with Gasteiger partial charge < -0.3 is 5.11 Å². The van der Waals surface area contributed by atoms with Crippen molar-refractivity contribution in [1.82, 2.24) is 0 Å². The molecule has 104 valence electrons. The van der Waals surface area contributed by atoms with E-state index in [0.717, 1.165) is 12.8 Å². The molecule has 0 amide bonds. The lowest BCUT2D eigenvalue weighted by atomic mass is 10.2. The minimum Gasteiger partial charge on any atom is -0.478 e. The smallest absolute Gasteiger partial charge is 0.335 e. The van der Waals surface area contributed by atoms with E-state index in [1.54, 1.807) is 0 Å². The molecule has 1 fully saturated rings. The third-order valence-electron chi connectivity index (χ3n) is 3.21. The highest BCUT2D eigenvalue weighted by Crippen LogP contribution is 2.29. The summed E-state index contributed by atoms with van der Waals surface area (Å²) in [6.07, 6.45) is 3.13. The number of carboxylic acids is 1. The minimum atomic E-state index is -3.45. The zero-order chi connectivity index (χ0) is 14.0. The van der Waals surface area contributed by atoms with Gasteiger partial charge in [0.25, 0.3) is 0 Å². The number of rotatable bonds is 4. The predicted octanol–water partition coefficient (Wildman–Crippen LogP) is 2.72. The van der Waals surface area contributed by atoms with Crippen molar-refractivity contribution < 1.29 is 18.3 Å². The normalized spacial score (nSPS) is 16.5. The molecule has 5 nitrogen and oxygen atoms in total. The second-order valence-corrected chi connectivity index (χ2v) is 6.92. The summed E-state index contributed by atoms with van der Waals surface area (Å²) in [6.45, 7) is 0. The van der Waals surface area contributed by atoms with Crippen molar-refractivity contribution in [2.45, 2.75) is 30.9 Å². The number of hydrogen-bond acceptors (Lipinski definition) is 3. The van der Waals surface area contributed by atoms with Crippen LogP contribution in [0.5, 0.6) is 0 Å². The Kier molecular flexibility index (Phi) is 4.01. The van der Waals surface area contributed by atoms with Crippen molar-refractivity contribution in [3.63, 3.8) is 0 Å².